The van der Waals surface area contributed by atoms with Gasteiger partial charge in [-0.3, -0.25) is 10.1 Å². The fourth-order valence-corrected chi connectivity index (χ4v) is 0.523. The van der Waals surface area contributed by atoms with Crippen LogP contribution < -0.4 is 0 Å². The lowest BCUT2D eigenvalue weighted by Crippen LogP contribution is -2.03. The van der Waals surface area contributed by atoms with Gasteiger partial charge in [0.05, 0.1) is 12.0 Å². The molecule has 0 amide bonds. The molecule has 5 heteroatoms. The van der Waals surface area contributed by atoms with Crippen LogP contribution in [0.25, 0.3) is 0 Å². The van der Waals surface area contributed by atoms with Crippen molar-refractivity contribution in [1.29, 1.82) is 0 Å². The Balaban J connectivity index is 0. The summed E-state index contributed by atoms with van der Waals surface area (Å²) in [7, 11) is 1.20. The highest BCUT2D eigenvalue weighted by Gasteiger charge is 2.08. The summed E-state index contributed by atoms with van der Waals surface area (Å²) in [6, 6.07) is 0. The largest absolute Gasteiger partial charge is 0.466 e. The minimum absolute atomic E-state index is 0.152. The molecule has 0 aliphatic heterocycles. The quantitative estimate of drug-likeness (QED) is 0.230. The maximum Gasteiger partial charge on any atom is 0.333 e. The molecule has 0 aromatic heterocycles. The van der Waals surface area contributed by atoms with E-state index in [-0.39, 0.29) is 11.3 Å². The van der Waals surface area contributed by atoms with Crippen LogP contribution in [-0.4, -0.2) is 18.0 Å². The summed E-state index contributed by atoms with van der Waals surface area (Å²) in [5, 5.41) is 10.1. The second kappa shape index (κ2) is 7.97. The van der Waals surface area contributed by atoms with Crippen LogP contribution in [0.4, 0.5) is 0 Å². The zero-order chi connectivity index (χ0) is 11.7. The van der Waals surface area contributed by atoms with Gasteiger partial charge in [-0.15, -0.1) is 0 Å². The Morgan fingerprint density at radius 3 is 2.21 bits per heavy atom. The molecule has 0 saturated carbocycles. The predicted molar refractivity (Wildman–Crippen MR) is 53.3 cm³/mol. The van der Waals surface area contributed by atoms with Crippen molar-refractivity contribution in [1.82, 2.24) is 0 Å². The Morgan fingerprint density at radius 2 is 1.93 bits per heavy atom. The number of esters is 1. The molecule has 0 heterocycles. The lowest BCUT2D eigenvalue weighted by atomic mass is 10.2. The van der Waals surface area contributed by atoms with Crippen molar-refractivity contribution in [3.8, 4) is 0 Å². The summed E-state index contributed by atoms with van der Waals surface area (Å²) >= 11 is 0. The first-order chi connectivity index (χ1) is 6.49. The van der Waals surface area contributed by atoms with Crippen molar-refractivity contribution in [2.24, 2.45) is 0 Å². The number of hydrogen-bond donors (Lipinski definition) is 0. The van der Waals surface area contributed by atoms with Crippen LogP contribution in [0.1, 0.15) is 20.8 Å². The van der Waals surface area contributed by atoms with Crippen LogP contribution in [-0.2, 0) is 9.53 Å². The van der Waals surface area contributed by atoms with Gasteiger partial charge in [-0.2, -0.15) is 0 Å². The van der Waals surface area contributed by atoms with Crippen molar-refractivity contribution in [3.63, 3.8) is 0 Å². The molecule has 0 aliphatic rings. The molecule has 0 saturated heterocycles. The van der Waals surface area contributed by atoms with E-state index in [1.165, 1.54) is 14.0 Å². The fraction of sp³-hybridized carbons (Fsp3) is 0.444. The van der Waals surface area contributed by atoms with Gasteiger partial charge < -0.3 is 4.74 Å². The average Bonchev–Trinajstić information content (AvgIpc) is 2.19. The van der Waals surface area contributed by atoms with Crippen LogP contribution in [0.2, 0.25) is 0 Å². The molecule has 0 aliphatic carbocycles. The van der Waals surface area contributed by atoms with E-state index < -0.39 is 10.9 Å². The zero-order valence-electron chi connectivity index (χ0n) is 8.86. The van der Waals surface area contributed by atoms with E-state index in [2.05, 4.69) is 11.3 Å². The van der Waals surface area contributed by atoms with Crippen LogP contribution in [0.3, 0.4) is 0 Å². The summed E-state index contributed by atoms with van der Waals surface area (Å²) < 4.78 is 4.32. The molecule has 80 valence electrons. The highest BCUT2D eigenvalue weighted by molar-refractivity contribution is 5.88. The van der Waals surface area contributed by atoms with Gasteiger partial charge in [0.2, 0.25) is 0 Å². The standard InChI is InChI=1S/C7H9NO4.C2H6/c1-5(7(9)12-3)4-6(2)8(10)11;1-2/h4H,2H2,1,3H3;1-2H3/b5-4+;. The van der Waals surface area contributed by atoms with E-state index in [1.54, 1.807) is 0 Å². The third-order valence-corrected chi connectivity index (χ3v) is 1.12. The first-order valence-corrected chi connectivity index (χ1v) is 4.09. The number of ether oxygens (including phenoxy) is 1. The van der Waals surface area contributed by atoms with Crippen molar-refractivity contribution in [2.45, 2.75) is 20.8 Å². The number of nitro groups is 1. The Morgan fingerprint density at radius 1 is 1.50 bits per heavy atom. The number of allylic oxidation sites excluding steroid dienone is 1. The summed E-state index contributed by atoms with van der Waals surface area (Å²) in [4.78, 5) is 20.1. The lowest BCUT2D eigenvalue weighted by Gasteiger charge is -1.96. The molecule has 0 N–H and O–H groups in total. The molecular formula is C9H15NO4. The van der Waals surface area contributed by atoms with E-state index in [0.717, 1.165) is 6.08 Å². The van der Waals surface area contributed by atoms with Crippen LogP contribution >= 0.6 is 0 Å². The minimum Gasteiger partial charge on any atom is -0.466 e. The summed E-state index contributed by atoms with van der Waals surface area (Å²) in [6.45, 7) is 8.54. The normalized spacial score (nSPS) is 9.57. The van der Waals surface area contributed by atoms with Crippen molar-refractivity contribution in [2.75, 3.05) is 7.11 Å². The van der Waals surface area contributed by atoms with Gasteiger partial charge in [-0.05, 0) is 13.5 Å². The van der Waals surface area contributed by atoms with Crippen molar-refractivity contribution >= 4 is 5.97 Å². The van der Waals surface area contributed by atoms with Gasteiger partial charge in [-0.1, -0.05) is 13.8 Å². The van der Waals surface area contributed by atoms with Crippen molar-refractivity contribution < 1.29 is 14.5 Å². The van der Waals surface area contributed by atoms with Gasteiger partial charge in [-0.25, -0.2) is 4.79 Å². The zero-order valence-corrected chi connectivity index (χ0v) is 8.86. The molecule has 0 spiro atoms. The summed E-state index contributed by atoms with van der Waals surface area (Å²) in [5.41, 5.74) is -0.183. The van der Waals surface area contributed by atoms with Crippen LogP contribution in [0.15, 0.2) is 23.9 Å². The molecule has 14 heavy (non-hydrogen) atoms. The molecule has 0 fully saturated rings. The van der Waals surface area contributed by atoms with Gasteiger partial charge >= 0.3 is 5.97 Å². The first kappa shape index (κ1) is 14.9. The van der Waals surface area contributed by atoms with E-state index >= 15 is 0 Å². The molecule has 0 unspecified atom stereocenters. The Kier molecular flexibility index (Phi) is 8.46. The van der Waals surface area contributed by atoms with Gasteiger partial charge in [0, 0.05) is 11.6 Å². The number of nitrogens with zero attached hydrogens (tertiary/aromatic N) is 1. The topological polar surface area (TPSA) is 69.4 Å². The third kappa shape index (κ3) is 5.93. The van der Waals surface area contributed by atoms with E-state index in [4.69, 9.17) is 0 Å². The van der Waals surface area contributed by atoms with E-state index in [0.29, 0.717) is 0 Å². The Bertz CT molecular complexity index is 256. The number of carbonyl (C=O) groups excluding carboxylic acids is 1. The monoisotopic (exact) mass is 201 g/mol. The Labute approximate surface area is 83.2 Å². The number of carbonyl (C=O) groups is 1. The third-order valence-electron chi connectivity index (χ3n) is 1.12. The molecule has 0 aromatic rings. The van der Waals surface area contributed by atoms with Crippen LogP contribution in [0.5, 0.6) is 0 Å². The van der Waals surface area contributed by atoms with E-state index in [9.17, 15) is 14.9 Å². The average molecular weight is 201 g/mol. The first-order valence-electron chi connectivity index (χ1n) is 4.09. The molecule has 0 aromatic carbocycles. The minimum atomic E-state index is -0.674. The number of methoxy groups -OCH3 is 1. The lowest BCUT2D eigenvalue weighted by molar-refractivity contribution is -0.418. The summed E-state index contributed by atoms with van der Waals surface area (Å²) in [6.07, 6.45) is 1.06. The smallest absolute Gasteiger partial charge is 0.333 e. The fourth-order valence-electron chi connectivity index (χ4n) is 0.523. The maximum absolute atomic E-state index is 10.7. The Hall–Kier alpha value is -1.65. The van der Waals surface area contributed by atoms with Gasteiger partial charge in [0.25, 0.3) is 5.70 Å². The number of hydrogen-bond acceptors (Lipinski definition) is 4. The molecule has 5 nitrogen and oxygen atoms in total. The van der Waals surface area contributed by atoms with Crippen LogP contribution in [0, 0.1) is 10.1 Å². The second-order valence-corrected chi connectivity index (χ2v) is 2.07. The van der Waals surface area contributed by atoms with E-state index in [1.807, 2.05) is 13.8 Å². The molecule has 0 radical (unpaired) electrons. The highest BCUT2D eigenvalue weighted by atomic mass is 16.6. The van der Waals surface area contributed by atoms with Gasteiger partial charge in [0.15, 0.2) is 0 Å². The number of rotatable bonds is 3. The SMILES string of the molecule is C=C(/C=C(\C)C(=O)OC)[N+](=O)[O-].CC. The summed E-state index contributed by atoms with van der Waals surface area (Å²) in [5.74, 6) is -0.599. The maximum atomic E-state index is 10.7. The molecule has 0 bridgehead atoms. The molecule has 0 atom stereocenters. The highest BCUT2D eigenvalue weighted by Crippen LogP contribution is 2.01. The molecule has 0 rings (SSSR count). The van der Waals surface area contributed by atoms with Gasteiger partial charge in [0.1, 0.15) is 0 Å². The second-order valence-electron chi connectivity index (χ2n) is 2.07. The predicted octanol–water partition coefficient (Wildman–Crippen LogP) is 1.92. The van der Waals surface area contributed by atoms with Crippen molar-refractivity contribution in [3.05, 3.63) is 34.0 Å². The molecular weight excluding hydrogens is 186 g/mol.